The lowest BCUT2D eigenvalue weighted by Gasteiger charge is -2.24. The van der Waals surface area contributed by atoms with Crippen LogP contribution in [0.5, 0.6) is 0 Å². The first-order valence-electron chi connectivity index (χ1n) is 8.74. The van der Waals surface area contributed by atoms with Gasteiger partial charge >= 0.3 is 0 Å². The molecular weight excluding hydrogens is 374 g/mol. The van der Waals surface area contributed by atoms with Crippen molar-refractivity contribution >= 4 is 11.4 Å². The van der Waals surface area contributed by atoms with Gasteiger partial charge in [-0.2, -0.15) is 0 Å². The van der Waals surface area contributed by atoms with E-state index in [2.05, 4.69) is 16.7 Å². The molecule has 1 aromatic heterocycles. The molecule has 2 aromatic carbocycles. The number of non-ortho nitro benzene ring substituents is 2. The monoisotopic (exact) mass is 393 g/mol. The number of nitro groups is 2. The first-order chi connectivity index (χ1) is 13.6. The zero-order chi connectivity index (χ0) is 21.3. The van der Waals surface area contributed by atoms with Gasteiger partial charge in [-0.1, -0.05) is 12.2 Å². The van der Waals surface area contributed by atoms with Gasteiger partial charge in [0.15, 0.2) is 5.82 Å². The molecule has 9 nitrogen and oxygen atoms in total. The predicted octanol–water partition coefficient (Wildman–Crippen LogP) is 4.60. The average molecular weight is 393 g/mol. The molecule has 0 amide bonds. The fourth-order valence-electron chi connectivity index (χ4n) is 2.66. The summed E-state index contributed by atoms with van der Waals surface area (Å²) in [6.07, 6.45) is 0. The van der Waals surface area contributed by atoms with Gasteiger partial charge in [0.2, 0.25) is 0 Å². The number of hydrogen-bond acceptors (Lipinski definition) is 6. The lowest BCUT2D eigenvalue weighted by Crippen LogP contribution is -2.23. The van der Waals surface area contributed by atoms with Crippen molar-refractivity contribution < 1.29 is 9.85 Å². The molecule has 29 heavy (non-hydrogen) atoms. The summed E-state index contributed by atoms with van der Waals surface area (Å²) in [5.41, 5.74) is 1.52. The SMILES string of the molecule is C=C(C)C(C)(C)c1nc(-c2ccc([N+](=O)[O-])cc2)nn1-c1ccc([N+](=O)[O-])cc1. The van der Waals surface area contributed by atoms with E-state index in [1.165, 1.54) is 24.3 Å². The Hall–Kier alpha value is -3.88. The third kappa shape index (κ3) is 3.75. The first-order valence-corrected chi connectivity index (χ1v) is 8.74. The molecule has 0 saturated heterocycles. The molecule has 9 heteroatoms. The van der Waals surface area contributed by atoms with Crippen molar-refractivity contribution in [3.63, 3.8) is 0 Å². The molecule has 0 spiro atoms. The summed E-state index contributed by atoms with van der Waals surface area (Å²) in [6, 6.07) is 12.0. The van der Waals surface area contributed by atoms with Gasteiger partial charge in [0, 0.05) is 35.2 Å². The topological polar surface area (TPSA) is 117 Å². The van der Waals surface area contributed by atoms with Crippen LogP contribution in [0, 0.1) is 20.2 Å². The minimum absolute atomic E-state index is 0.0222. The maximum atomic E-state index is 10.9. The van der Waals surface area contributed by atoms with Gasteiger partial charge in [-0.25, -0.2) is 9.67 Å². The minimum atomic E-state index is -0.534. The van der Waals surface area contributed by atoms with Gasteiger partial charge in [0.1, 0.15) is 5.82 Å². The van der Waals surface area contributed by atoms with E-state index in [1.54, 1.807) is 28.9 Å². The van der Waals surface area contributed by atoms with Gasteiger partial charge < -0.3 is 0 Å². The summed E-state index contributed by atoms with van der Waals surface area (Å²) >= 11 is 0. The molecule has 0 N–H and O–H groups in total. The summed E-state index contributed by atoms with van der Waals surface area (Å²) in [7, 11) is 0. The molecule has 1 heterocycles. The van der Waals surface area contributed by atoms with Crippen molar-refractivity contribution in [2.75, 3.05) is 0 Å². The van der Waals surface area contributed by atoms with E-state index >= 15 is 0 Å². The Morgan fingerprint density at radius 3 is 1.90 bits per heavy atom. The molecule has 0 atom stereocenters. The van der Waals surface area contributed by atoms with Crippen LogP contribution in [0.3, 0.4) is 0 Å². The van der Waals surface area contributed by atoms with Gasteiger partial charge in [-0.3, -0.25) is 20.2 Å². The number of nitrogens with zero attached hydrogens (tertiary/aromatic N) is 5. The zero-order valence-electron chi connectivity index (χ0n) is 16.2. The molecule has 0 aliphatic heterocycles. The number of aromatic nitrogens is 3. The smallest absolute Gasteiger partial charge is 0.258 e. The first kappa shape index (κ1) is 19.9. The zero-order valence-corrected chi connectivity index (χ0v) is 16.2. The molecule has 0 radical (unpaired) electrons. The highest BCUT2D eigenvalue weighted by Gasteiger charge is 2.30. The van der Waals surface area contributed by atoms with Gasteiger partial charge in [-0.05, 0) is 45.0 Å². The molecule has 0 bridgehead atoms. The van der Waals surface area contributed by atoms with Crippen LogP contribution in [0.4, 0.5) is 11.4 Å². The van der Waals surface area contributed by atoms with Crippen molar-refractivity contribution in [2.45, 2.75) is 26.2 Å². The van der Waals surface area contributed by atoms with E-state index in [9.17, 15) is 20.2 Å². The van der Waals surface area contributed by atoms with E-state index in [0.717, 1.165) is 5.57 Å². The number of allylic oxidation sites excluding steroid dienone is 1. The van der Waals surface area contributed by atoms with E-state index in [4.69, 9.17) is 0 Å². The molecule has 148 valence electrons. The molecule has 0 fully saturated rings. The van der Waals surface area contributed by atoms with Crippen molar-refractivity contribution in [3.8, 4) is 17.1 Å². The van der Waals surface area contributed by atoms with Crippen LogP contribution in [0.25, 0.3) is 17.1 Å². The Labute approximate surface area is 166 Å². The van der Waals surface area contributed by atoms with Crippen molar-refractivity contribution in [3.05, 3.63) is 86.7 Å². The number of hydrogen-bond donors (Lipinski definition) is 0. The standard InChI is InChI=1S/C20H19N5O4/c1-13(2)20(3,4)19-21-18(14-5-7-16(8-6-14)24(26)27)22-23(19)15-9-11-17(12-10-15)25(28)29/h5-12H,1H2,2-4H3. The second kappa shape index (κ2) is 7.27. The highest BCUT2D eigenvalue weighted by atomic mass is 16.6. The van der Waals surface area contributed by atoms with Crippen molar-refractivity contribution in [1.29, 1.82) is 0 Å². The average Bonchev–Trinajstić information content (AvgIpc) is 3.14. The van der Waals surface area contributed by atoms with Crippen LogP contribution < -0.4 is 0 Å². The largest absolute Gasteiger partial charge is 0.269 e. The van der Waals surface area contributed by atoms with Crippen LogP contribution in [0.1, 0.15) is 26.6 Å². The highest BCUT2D eigenvalue weighted by Crippen LogP contribution is 2.32. The summed E-state index contributed by atoms with van der Waals surface area (Å²) in [4.78, 5) is 25.6. The Morgan fingerprint density at radius 1 is 0.966 bits per heavy atom. The second-order valence-corrected chi connectivity index (χ2v) is 7.15. The maximum Gasteiger partial charge on any atom is 0.269 e. The van der Waals surface area contributed by atoms with E-state index in [-0.39, 0.29) is 11.4 Å². The minimum Gasteiger partial charge on any atom is -0.258 e. The molecule has 0 unspecified atom stereocenters. The molecule has 0 aliphatic rings. The fraction of sp³-hybridized carbons (Fsp3) is 0.200. The Bertz CT molecular complexity index is 1100. The third-order valence-electron chi connectivity index (χ3n) is 4.87. The summed E-state index contributed by atoms with van der Waals surface area (Å²) < 4.78 is 1.62. The number of rotatable bonds is 6. The second-order valence-electron chi connectivity index (χ2n) is 7.15. The van der Waals surface area contributed by atoms with E-state index in [0.29, 0.717) is 22.9 Å². The normalized spacial score (nSPS) is 11.3. The molecule has 3 aromatic rings. The molecular formula is C20H19N5O4. The number of nitro benzene ring substituents is 2. The van der Waals surface area contributed by atoms with E-state index in [1.807, 2.05) is 20.8 Å². The molecule has 0 saturated carbocycles. The van der Waals surface area contributed by atoms with Gasteiger partial charge in [0.05, 0.1) is 15.5 Å². The lowest BCUT2D eigenvalue weighted by molar-refractivity contribution is -0.385. The fourth-order valence-corrected chi connectivity index (χ4v) is 2.66. The quantitative estimate of drug-likeness (QED) is 0.343. The van der Waals surface area contributed by atoms with Gasteiger partial charge in [-0.15, -0.1) is 5.10 Å². The van der Waals surface area contributed by atoms with Crippen LogP contribution in [0.15, 0.2) is 60.7 Å². The van der Waals surface area contributed by atoms with Crippen molar-refractivity contribution in [1.82, 2.24) is 14.8 Å². The Morgan fingerprint density at radius 2 is 1.45 bits per heavy atom. The summed E-state index contributed by atoms with van der Waals surface area (Å²) in [6.45, 7) is 9.85. The summed E-state index contributed by atoms with van der Waals surface area (Å²) in [5.74, 6) is 0.995. The van der Waals surface area contributed by atoms with Crippen molar-refractivity contribution in [2.24, 2.45) is 0 Å². The highest BCUT2D eigenvalue weighted by molar-refractivity contribution is 5.58. The Balaban J connectivity index is 2.14. The Kier molecular flexibility index (Phi) is 4.98. The van der Waals surface area contributed by atoms with Crippen LogP contribution in [-0.4, -0.2) is 24.6 Å². The molecule has 3 rings (SSSR count). The van der Waals surface area contributed by atoms with Gasteiger partial charge in [0.25, 0.3) is 11.4 Å². The van der Waals surface area contributed by atoms with E-state index < -0.39 is 15.3 Å². The van der Waals surface area contributed by atoms with Crippen LogP contribution in [-0.2, 0) is 5.41 Å². The van der Waals surface area contributed by atoms with Crippen LogP contribution in [0.2, 0.25) is 0 Å². The number of benzene rings is 2. The maximum absolute atomic E-state index is 10.9. The lowest BCUT2D eigenvalue weighted by atomic mass is 9.85. The molecule has 0 aliphatic carbocycles. The summed E-state index contributed by atoms with van der Waals surface area (Å²) in [5, 5.41) is 26.4. The van der Waals surface area contributed by atoms with Crippen LogP contribution >= 0.6 is 0 Å². The third-order valence-corrected chi connectivity index (χ3v) is 4.87. The predicted molar refractivity (Wildman–Crippen MR) is 108 cm³/mol.